The van der Waals surface area contributed by atoms with E-state index in [1.54, 1.807) is 12.1 Å². The first-order chi connectivity index (χ1) is 7.16. The fourth-order valence-corrected chi connectivity index (χ4v) is 1.28. The van der Waals surface area contributed by atoms with Gasteiger partial charge in [0, 0.05) is 17.3 Å². The number of anilines is 1. The molecule has 0 saturated carbocycles. The second-order valence-corrected chi connectivity index (χ2v) is 3.10. The van der Waals surface area contributed by atoms with Gasteiger partial charge >= 0.3 is 0 Å². The van der Waals surface area contributed by atoms with E-state index in [1.807, 2.05) is 0 Å². The van der Waals surface area contributed by atoms with Crippen molar-refractivity contribution in [3.63, 3.8) is 0 Å². The standard InChI is InChI=1S/C11H8F2N2/c12-8-2-3-10(13)9(5-8)7-1-4-11(14)15-6-7/h1-6H,(H2,14,15). The molecule has 0 aliphatic carbocycles. The average Bonchev–Trinajstić information content (AvgIpc) is 2.23. The molecule has 1 aromatic heterocycles. The Balaban J connectivity index is 2.53. The van der Waals surface area contributed by atoms with Gasteiger partial charge in [-0.3, -0.25) is 0 Å². The molecule has 0 unspecified atom stereocenters. The summed E-state index contributed by atoms with van der Waals surface area (Å²) in [4.78, 5) is 3.81. The fourth-order valence-electron chi connectivity index (χ4n) is 1.28. The Labute approximate surface area is 85.4 Å². The van der Waals surface area contributed by atoms with Crippen LogP contribution in [-0.2, 0) is 0 Å². The molecule has 2 nitrogen and oxygen atoms in total. The number of hydrogen-bond donors (Lipinski definition) is 1. The van der Waals surface area contributed by atoms with E-state index in [4.69, 9.17) is 5.73 Å². The maximum absolute atomic E-state index is 13.3. The average molecular weight is 206 g/mol. The number of aromatic nitrogens is 1. The molecule has 0 atom stereocenters. The van der Waals surface area contributed by atoms with Gasteiger partial charge in [0.15, 0.2) is 0 Å². The predicted octanol–water partition coefficient (Wildman–Crippen LogP) is 2.61. The van der Waals surface area contributed by atoms with Crippen LogP contribution in [0.25, 0.3) is 11.1 Å². The molecular formula is C11H8F2N2. The molecule has 0 amide bonds. The smallest absolute Gasteiger partial charge is 0.131 e. The summed E-state index contributed by atoms with van der Waals surface area (Å²) in [6, 6.07) is 6.42. The second-order valence-electron chi connectivity index (χ2n) is 3.10. The number of nitrogen functional groups attached to an aromatic ring is 1. The maximum atomic E-state index is 13.3. The fraction of sp³-hybridized carbons (Fsp3) is 0. The van der Waals surface area contributed by atoms with Crippen molar-refractivity contribution in [3.8, 4) is 11.1 Å². The molecule has 2 N–H and O–H groups in total. The van der Waals surface area contributed by atoms with Gasteiger partial charge < -0.3 is 5.73 Å². The summed E-state index contributed by atoms with van der Waals surface area (Å²) in [5, 5.41) is 0. The van der Waals surface area contributed by atoms with E-state index in [-0.39, 0.29) is 5.56 Å². The minimum absolute atomic E-state index is 0.183. The van der Waals surface area contributed by atoms with Crippen molar-refractivity contribution in [1.29, 1.82) is 0 Å². The van der Waals surface area contributed by atoms with E-state index in [0.29, 0.717) is 11.4 Å². The number of hydrogen-bond acceptors (Lipinski definition) is 2. The van der Waals surface area contributed by atoms with Gasteiger partial charge in [0.1, 0.15) is 17.5 Å². The first-order valence-corrected chi connectivity index (χ1v) is 4.34. The Morgan fingerprint density at radius 2 is 1.87 bits per heavy atom. The minimum atomic E-state index is -0.483. The molecule has 0 aliphatic heterocycles. The zero-order valence-electron chi connectivity index (χ0n) is 7.74. The highest BCUT2D eigenvalue weighted by Gasteiger charge is 2.06. The van der Waals surface area contributed by atoms with Crippen molar-refractivity contribution in [2.24, 2.45) is 0 Å². The molecule has 2 aromatic rings. The molecular weight excluding hydrogens is 198 g/mol. The minimum Gasteiger partial charge on any atom is -0.384 e. The number of halogens is 2. The third-order valence-electron chi connectivity index (χ3n) is 2.03. The monoisotopic (exact) mass is 206 g/mol. The molecule has 1 aromatic carbocycles. The van der Waals surface area contributed by atoms with Gasteiger partial charge in [0.25, 0.3) is 0 Å². The van der Waals surface area contributed by atoms with Crippen molar-refractivity contribution in [2.45, 2.75) is 0 Å². The van der Waals surface area contributed by atoms with Crippen LogP contribution in [0.2, 0.25) is 0 Å². The summed E-state index contributed by atoms with van der Waals surface area (Å²) in [5.74, 6) is -0.623. The Kier molecular flexibility index (Phi) is 2.33. The molecule has 0 fully saturated rings. The molecule has 76 valence electrons. The highest BCUT2D eigenvalue weighted by Crippen LogP contribution is 2.23. The van der Waals surface area contributed by atoms with Crippen LogP contribution in [-0.4, -0.2) is 4.98 Å². The first kappa shape index (κ1) is 9.58. The molecule has 2 rings (SSSR count). The molecule has 15 heavy (non-hydrogen) atoms. The lowest BCUT2D eigenvalue weighted by Crippen LogP contribution is -1.91. The largest absolute Gasteiger partial charge is 0.384 e. The lowest BCUT2D eigenvalue weighted by molar-refractivity contribution is 0.603. The topological polar surface area (TPSA) is 38.9 Å². The van der Waals surface area contributed by atoms with E-state index in [2.05, 4.69) is 4.98 Å². The summed E-state index contributed by atoms with van der Waals surface area (Å²) in [7, 11) is 0. The molecule has 0 aliphatic rings. The van der Waals surface area contributed by atoms with Gasteiger partial charge in [-0.25, -0.2) is 13.8 Å². The van der Waals surface area contributed by atoms with Crippen LogP contribution in [0, 0.1) is 11.6 Å². The summed E-state index contributed by atoms with van der Waals surface area (Å²) in [5.41, 5.74) is 6.08. The molecule has 0 saturated heterocycles. The number of pyridine rings is 1. The number of nitrogens with two attached hydrogens (primary N) is 1. The molecule has 0 radical (unpaired) electrons. The van der Waals surface area contributed by atoms with E-state index in [1.165, 1.54) is 6.20 Å². The first-order valence-electron chi connectivity index (χ1n) is 4.34. The van der Waals surface area contributed by atoms with Crippen LogP contribution < -0.4 is 5.73 Å². The quantitative estimate of drug-likeness (QED) is 0.778. The van der Waals surface area contributed by atoms with Crippen molar-refractivity contribution >= 4 is 5.82 Å². The third-order valence-corrected chi connectivity index (χ3v) is 2.03. The second kappa shape index (κ2) is 3.65. The van der Waals surface area contributed by atoms with Gasteiger partial charge in [-0.15, -0.1) is 0 Å². The molecule has 1 heterocycles. The Hall–Kier alpha value is -1.97. The van der Waals surface area contributed by atoms with Crippen molar-refractivity contribution in [3.05, 3.63) is 48.2 Å². The Morgan fingerprint density at radius 3 is 2.53 bits per heavy atom. The third kappa shape index (κ3) is 1.93. The van der Waals surface area contributed by atoms with Gasteiger partial charge in [0.05, 0.1) is 0 Å². The Bertz CT molecular complexity index is 480. The van der Waals surface area contributed by atoms with Crippen LogP contribution in [0.5, 0.6) is 0 Å². The van der Waals surface area contributed by atoms with Gasteiger partial charge in [0.2, 0.25) is 0 Å². The van der Waals surface area contributed by atoms with E-state index >= 15 is 0 Å². The molecule has 0 bridgehead atoms. The highest BCUT2D eigenvalue weighted by molar-refractivity contribution is 5.64. The van der Waals surface area contributed by atoms with Gasteiger partial charge in [-0.05, 0) is 30.3 Å². The van der Waals surface area contributed by atoms with Gasteiger partial charge in [-0.2, -0.15) is 0 Å². The summed E-state index contributed by atoms with van der Waals surface area (Å²) >= 11 is 0. The highest BCUT2D eigenvalue weighted by atomic mass is 19.1. The van der Waals surface area contributed by atoms with Crippen molar-refractivity contribution in [1.82, 2.24) is 4.98 Å². The lowest BCUT2D eigenvalue weighted by Gasteiger charge is -2.03. The zero-order valence-corrected chi connectivity index (χ0v) is 7.74. The number of rotatable bonds is 1. The van der Waals surface area contributed by atoms with Crippen molar-refractivity contribution in [2.75, 3.05) is 5.73 Å². The van der Waals surface area contributed by atoms with Crippen LogP contribution in [0.15, 0.2) is 36.5 Å². The summed E-state index contributed by atoms with van der Waals surface area (Å²) < 4.78 is 26.2. The van der Waals surface area contributed by atoms with Crippen molar-refractivity contribution < 1.29 is 8.78 Å². The van der Waals surface area contributed by atoms with Crippen LogP contribution in [0.4, 0.5) is 14.6 Å². The summed E-state index contributed by atoms with van der Waals surface area (Å²) in [6.07, 6.45) is 1.41. The molecule has 0 spiro atoms. The predicted molar refractivity (Wildman–Crippen MR) is 54.0 cm³/mol. The normalized spacial score (nSPS) is 10.3. The van der Waals surface area contributed by atoms with E-state index in [0.717, 1.165) is 18.2 Å². The molecule has 4 heteroatoms. The lowest BCUT2D eigenvalue weighted by atomic mass is 10.1. The van der Waals surface area contributed by atoms with Crippen LogP contribution in [0.3, 0.4) is 0 Å². The van der Waals surface area contributed by atoms with Crippen LogP contribution >= 0.6 is 0 Å². The number of benzene rings is 1. The maximum Gasteiger partial charge on any atom is 0.131 e. The summed E-state index contributed by atoms with van der Waals surface area (Å²) in [6.45, 7) is 0. The number of nitrogens with zero attached hydrogens (tertiary/aromatic N) is 1. The van der Waals surface area contributed by atoms with E-state index in [9.17, 15) is 8.78 Å². The Morgan fingerprint density at radius 1 is 1.07 bits per heavy atom. The SMILES string of the molecule is Nc1ccc(-c2cc(F)ccc2F)cn1. The van der Waals surface area contributed by atoms with E-state index < -0.39 is 11.6 Å². The van der Waals surface area contributed by atoms with Crippen LogP contribution in [0.1, 0.15) is 0 Å². The van der Waals surface area contributed by atoms with Gasteiger partial charge in [-0.1, -0.05) is 0 Å². The zero-order chi connectivity index (χ0) is 10.8.